The summed E-state index contributed by atoms with van der Waals surface area (Å²) in [5.74, 6) is -0.801. The number of hydrogen-bond acceptors (Lipinski definition) is 4. The van der Waals surface area contributed by atoms with E-state index < -0.39 is 11.5 Å². The van der Waals surface area contributed by atoms with Gasteiger partial charge in [0.2, 0.25) is 0 Å². The minimum Gasteiger partial charge on any atom is -0.508 e. The molecular formula is C13H10N2O4. The standard InChI is InChI=1S/C13H10N2O4/c16-8-2-1-7-3-4-15-11(9(7)5-8)14-6-10(12(15)17)13(18)19/h1-2,5-6,16H,3-4H2,(H,18,19). The first kappa shape index (κ1) is 11.5. The van der Waals surface area contributed by atoms with E-state index in [1.54, 1.807) is 12.1 Å². The van der Waals surface area contributed by atoms with E-state index in [2.05, 4.69) is 4.98 Å². The zero-order valence-electron chi connectivity index (χ0n) is 9.83. The van der Waals surface area contributed by atoms with E-state index >= 15 is 0 Å². The average molecular weight is 258 g/mol. The second kappa shape index (κ2) is 3.94. The van der Waals surface area contributed by atoms with Gasteiger partial charge < -0.3 is 10.2 Å². The maximum absolute atomic E-state index is 12.0. The fraction of sp³-hybridized carbons (Fsp3) is 0.154. The number of carboxylic acids is 1. The minimum atomic E-state index is -1.28. The minimum absolute atomic E-state index is 0.0868. The van der Waals surface area contributed by atoms with Crippen molar-refractivity contribution in [2.24, 2.45) is 0 Å². The van der Waals surface area contributed by atoms with Gasteiger partial charge in [0, 0.05) is 18.3 Å². The predicted octanol–water partition coefficient (Wildman–Crippen LogP) is 0.870. The van der Waals surface area contributed by atoms with Crippen LogP contribution in [0.3, 0.4) is 0 Å². The van der Waals surface area contributed by atoms with Crippen LogP contribution in [0.5, 0.6) is 5.75 Å². The van der Waals surface area contributed by atoms with E-state index in [1.807, 2.05) is 0 Å². The Kier molecular flexibility index (Phi) is 2.38. The van der Waals surface area contributed by atoms with Crippen LogP contribution in [0.4, 0.5) is 0 Å². The Bertz CT molecular complexity index is 749. The van der Waals surface area contributed by atoms with Crippen molar-refractivity contribution in [3.05, 3.63) is 45.9 Å². The molecule has 6 nitrogen and oxygen atoms in total. The van der Waals surface area contributed by atoms with Gasteiger partial charge in [-0.05, 0) is 24.1 Å². The highest BCUT2D eigenvalue weighted by Crippen LogP contribution is 2.29. The summed E-state index contributed by atoms with van der Waals surface area (Å²) >= 11 is 0. The van der Waals surface area contributed by atoms with E-state index in [0.717, 1.165) is 11.8 Å². The lowest BCUT2D eigenvalue weighted by molar-refractivity contribution is 0.0693. The van der Waals surface area contributed by atoms with Crippen LogP contribution in [0.1, 0.15) is 15.9 Å². The molecule has 6 heteroatoms. The molecule has 0 unspecified atom stereocenters. The largest absolute Gasteiger partial charge is 0.508 e. The Morgan fingerprint density at radius 2 is 2.16 bits per heavy atom. The Hall–Kier alpha value is -2.63. The molecule has 0 atom stereocenters. The third-order valence-electron chi connectivity index (χ3n) is 3.22. The molecule has 1 aromatic heterocycles. The summed E-state index contributed by atoms with van der Waals surface area (Å²) in [4.78, 5) is 27.0. The topological polar surface area (TPSA) is 92.4 Å². The average Bonchev–Trinajstić information content (AvgIpc) is 2.38. The number of nitrogens with zero attached hydrogens (tertiary/aromatic N) is 2. The summed E-state index contributed by atoms with van der Waals surface area (Å²) in [6.07, 6.45) is 1.67. The number of fused-ring (bicyclic) bond motifs is 3. The Balaban J connectivity index is 2.29. The number of aryl methyl sites for hydroxylation is 1. The lowest BCUT2D eigenvalue weighted by atomic mass is 10.00. The molecule has 0 spiro atoms. The van der Waals surface area contributed by atoms with Crippen LogP contribution in [0.2, 0.25) is 0 Å². The van der Waals surface area contributed by atoms with Crippen molar-refractivity contribution < 1.29 is 15.0 Å². The highest BCUT2D eigenvalue weighted by molar-refractivity contribution is 5.87. The number of phenols is 1. The molecule has 0 aliphatic carbocycles. The number of aromatic carboxylic acids is 1. The van der Waals surface area contributed by atoms with Crippen molar-refractivity contribution in [2.45, 2.75) is 13.0 Å². The molecule has 0 radical (unpaired) electrons. The fourth-order valence-electron chi connectivity index (χ4n) is 2.28. The molecule has 0 bridgehead atoms. The summed E-state index contributed by atoms with van der Waals surface area (Å²) in [5, 5.41) is 18.4. The molecule has 0 saturated carbocycles. The molecular weight excluding hydrogens is 248 g/mol. The number of benzene rings is 1. The van der Waals surface area contributed by atoms with Crippen LogP contribution < -0.4 is 5.56 Å². The van der Waals surface area contributed by atoms with Gasteiger partial charge in [-0.15, -0.1) is 0 Å². The first-order valence-electron chi connectivity index (χ1n) is 5.73. The van der Waals surface area contributed by atoms with E-state index in [9.17, 15) is 14.7 Å². The highest BCUT2D eigenvalue weighted by Gasteiger charge is 2.22. The fourth-order valence-corrected chi connectivity index (χ4v) is 2.28. The van der Waals surface area contributed by atoms with Crippen LogP contribution in [0.15, 0.2) is 29.2 Å². The van der Waals surface area contributed by atoms with Crippen molar-refractivity contribution in [3.8, 4) is 17.1 Å². The van der Waals surface area contributed by atoms with Crippen LogP contribution in [-0.2, 0) is 13.0 Å². The Morgan fingerprint density at radius 3 is 2.89 bits per heavy atom. The number of carboxylic acid groups (broad SMARTS) is 1. The zero-order chi connectivity index (χ0) is 13.6. The van der Waals surface area contributed by atoms with Crippen molar-refractivity contribution >= 4 is 5.97 Å². The normalized spacial score (nSPS) is 12.6. The molecule has 2 aromatic rings. The van der Waals surface area contributed by atoms with Crippen LogP contribution in [0.25, 0.3) is 11.4 Å². The SMILES string of the molecule is O=C(O)c1cnc2n(c1=O)CCc1ccc(O)cc1-2. The summed E-state index contributed by atoms with van der Waals surface area (Å²) < 4.78 is 1.34. The van der Waals surface area contributed by atoms with E-state index in [-0.39, 0.29) is 11.3 Å². The second-order valence-electron chi connectivity index (χ2n) is 4.35. The first-order valence-corrected chi connectivity index (χ1v) is 5.73. The third kappa shape index (κ3) is 1.69. The van der Waals surface area contributed by atoms with Gasteiger partial charge >= 0.3 is 5.97 Å². The Morgan fingerprint density at radius 1 is 1.37 bits per heavy atom. The van der Waals surface area contributed by atoms with E-state index in [1.165, 1.54) is 10.6 Å². The molecule has 0 amide bonds. The molecule has 3 rings (SSSR count). The van der Waals surface area contributed by atoms with Crippen molar-refractivity contribution in [3.63, 3.8) is 0 Å². The first-order chi connectivity index (χ1) is 9.08. The van der Waals surface area contributed by atoms with Gasteiger partial charge in [0.05, 0.1) is 0 Å². The van der Waals surface area contributed by atoms with Crippen LogP contribution in [0, 0.1) is 0 Å². The quantitative estimate of drug-likeness (QED) is 0.791. The predicted molar refractivity (Wildman–Crippen MR) is 66.3 cm³/mol. The molecule has 1 aromatic carbocycles. The maximum Gasteiger partial charge on any atom is 0.342 e. The zero-order valence-corrected chi connectivity index (χ0v) is 9.83. The van der Waals surface area contributed by atoms with Gasteiger partial charge in [0.25, 0.3) is 5.56 Å². The van der Waals surface area contributed by atoms with Crippen LogP contribution in [-0.4, -0.2) is 25.7 Å². The van der Waals surface area contributed by atoms with Crippen LogP contribution >= 0.6 is 0 Å². The number of rotatable bonds is 1. The lowest BCUT2D eigenvalue weighted by Crippen LogP contribution is -2.31. The van der Waals surface area contributed by atoms with Gasteiger partial charge in [-0.2, -0.15) is 0 Å². The summed E-state index contributed by atoms with van der Waals surface area (Å²) in [5.41, 5.74) is 0.743. The number of phenolic OH excluding ortho intramolecular Hbond substituents is 1. The van der Waals surface area contributed by atoms with E-state index in [4.69, 9.17) is 5.11 Å². The van der Waals surface area contributed by atoms with Crippen molar-refractivity contribution in [1.29, 1.82) is 0 Å². The molecule has 0 saturated heterocycles. The highest BCUT2D eigenvalue weighted by atomic mass is 16.4. The van der Waals surface area contributed by atoms with Gasteiger partial charge in [0.1, 0.15) is 17.1 Å². The smallest absolute Gasteiger partial charge is 0.342 e. The van der Waals surface area contributed by atoms with Crippen molar-refractivity contribution in [1.82, 2.24) is 9.55 Å². The second-order valence-corrected chi connectivity index (χ2v) is 4.35. The Labute approximate surface area is 107 Å². The molecule has 19 heavy (non-hydrogen) atoms. The molecule has 2 heterocycles. The summed E-state index contributed by atoms with van der Waals surface area (Å²) in [6.45, 7) is 0.389. The van der Waals surface area contributed by atoms with Gasteiger partial charge in [0.15, 0.2) is 0 Å². The monoisotopic (exact) mass is 258 g/mol. The maximum atomic E-state index is 12.0. The number of carbonyl (C=O) groups is 1. The molecule has 1 aliphatic rings. The lowest BCUT2D eigenvalue weighted by Gasteiger charge is -2.20. The summed E-state index contributed by atoms with van der Waals surface area (Å²) in [7, 11) is 0. The van der Waals surface area contributed by atoms with E-state index in [0.29, 0.717) is 24.4 Å². The number of aromatic nitrogens is 2. The molecule has 96 valence electrons. The third-order valence-corrected chi connectivity index (χ3v) is 3.22. The molecule has 1 aliphatic heterocycles. The van der Waals surface area contributed by atoms with Crippen molar-refractivity contribution in [2.75, 3.05) is 0 Å². The van der Waals surface area contributed by atoms with Gasteiger partial charge in [-0.3, -0.25) is 9.36 Å². The number of hydrogen-bond donors (Lipinski definition) is 2. The number of aromatic hydroxyl groups is 1. The summed E-state index contributed by atoms with van der Waals surface area (Å²) in [6, 6.07) is 4.90. The van der Waals surface area contributed by atoms with Gasteiger partial charge in [-0.1, -0.05) is 6.07 Å². The molecule has 0 fully saturated rings. The molecule has 2 N–H and O–H groups in total. The van der Waals surface area contributed by atoms with Gasteiger partial charge in [-0.25, -0.2) is 9.78 Å².